The predicted molar refractivity (Wildman–Crippen MR) is 61.9 cm³/mol. The number of carbonyl (C=O) groups excluding carboxylic acids is 1. The third-order valence-electron chi connectivity index (χ3n) is 3.42. The van der Waals surface area contributed by atoms with Crippen molar-refractivity contribution >= 4 is 5.97 Å². The van der Waals surface area contributed by atoms with Crippen molar-refractivity contribution in [2.75, 3.05) is 13.7 Å². The smallest absolute Gasteiger partial charge is 0.305 e. The number of hydrogen-bond acceptors (Lipinski definition) is 7. The molecule has 0 aromatic rings. The topological polar surface area (TPSA) is 94.5 Å². The fraction of sp³-hybridized carbons (Fsp3) is 0.917. The van der Waals surface area contributed by atoms with Gasteiger partial charge in [0.15, 0.2) is 12.1 Å². The highest BCUT2D eigenvalue weighted by Crippen LogP contribution is 2.43. The van der Waals surface area contributed by atoms with Crippen LogP contribution in [-0.2, 0) is 23.7 Å². The van der Waals surface area contributed by atoms with Gasteiger partial charge in [0, 0.05) is 5.92 Å². The minimum atomic E-state index is -1.09. The van der Waals surface area contributed by atoms with E-state index in [1.165, 1.54) is 7.11 Å². The maximum absolute atomic E-state index is 11.5. The Morgan fingerprint density at radius 2 is 2.11 bits per heavy atom. The Hall–Kier alpha value is -0.730. The lowest BCUT2D eigenvalue weighted by Gasteiger charge is -2.27. The Bertz CT molecular complexity index is 343. The number of methoxy groups -OCH3 is 1. The van der Waals surface area contributed by atoms with E-state index in [0.29, 0.717) is 0 Å². The van der Waals surface area contributed by atoms with Gasteiger partial charge in [-0.3, -0.25) is 4.79 Å². The fourth-order valence-corrected chi connectivity index (χ4v) is 2.58. The largest absolute Gasteiger partial charge is 0.469 e. The van der Waals surface area contributed by atoms with Crippen molar-refractivity contribution in [1.29, 1.82) is 0 Å². The molecule has 2 aliphatic heterocycles. The summed E-state index contributed by atoms with van der Waals surface area (Å²) < 4.78 is 21.5. The highest BCUT2D eigenvalue weighted by atomic mass is 16.8. The molecule has 0 radical (unpaired) electrons. The van der Waals surface area contributed by atoms with Crippen LogP contribution < -0.4 is 0 Å². The Morgan fingerprint density at radius 3 is 2.68 bits per heavy atom. The number of rotatable bonds is 4. The van der Waals surface area contributed by atoms with Crippen molar-refractivity contribution in [2.24, 2.45) is 5.92 Å². The molecule has 7 nitrogen and oxygen atoms in total. The minimum Gasteiger partial charge on any atom is -0.469 e. The van der Waals surface area contributed by atoms with E-state index in [1.807, 2.05) is 0 Å². The first-order valence-corrected chi connectivity index (χ1v) is 6.25. The van der Waals surface area contributed by atoms with Crippen molar-refractivity contribution in [2.45, 2.75) is 50.7 Å². The summed E-state index contributed by atoms with van der Waals surface area (Å²) in [7, 11) is 1.29. The van der Waals surface area contributed by atoms with Crippen LogP contribution in [0.4, 0.5) is 0 Å². The quantitative estimate of drug-likeness (QED) is 0.662. The van der Waals surface area contributed by atoms with Crippen molar-refractivity contribution in [3.63, 3.8) is 0 Å². The molecule has 2 saturated heterocycles. The maximum atomic E-state index is 11.5. The molecule has 0 saturated carbocycles. The molecule has 0 spiro atoms. The van der Waals surface area contributed by atoms with Gasteiger partial charge in [0.25, 0.3) is 0 Å². The number of ether oxygens (including phenoxy) is 4. The second kappa shape index (κ2) is 5.34. The average molecular weight is 276 g/mol. The van der Waals surface area contributed by atoms with Crippen molar-refractivity contribution < 1.29 is 34.0 Å². The Kier molecular flexibility index (Phi) is 4.12. The average Bonchev–Trinajstić information content (AvgIpc) is 2.81. The lowest BCUT2D eigenvalue weighted by atomic mass is 9.91. The van der Waals surface area contributed by atoms with E-state index in [4.69, 9.17) is 19.3 Å². The van der Waals surface area contributed by atoms with Gasteiger partial charge in [-0.05, 0) is 13.8 Å². The maximum Gasteiger partial charge on any atom is 0.305 e. The van der Waals surface area contributed by atoms with Crippen molar-refractivity contribution in [1.82, 2.24) is 0 Å². The van der Waals surface area contributed by atoms with Crippen molar-refractivity contribution in [3.8, 4) is 0 Å². The number of hydrogen-bond donors (Lipinski definition) is 2. The summed E-state index contributed by atoms with van der Waals surface area (Å²) in [5.74, 6) is -1.63. The van der Waals surface area contributed by atoms with E-state index < -0.39 is 48.9 Å². The van der Waals surface area contributed by atoms with E-state index in [9.17, 15) is 9.90 Å². The molecule has 0 bridgehead atoms. The molecule has 110 valence electrons. The number of fused-ring (bicyclic) bond motifs is 1. The summed E-state index contributed by atoms with van der Waals surface area (Å²) in [6.45, 7) is 3.05. The first-order chi connectivity index (χ1) is 8.88. The van der Waals surface area contributed by atoms with Gasteiger partial charge in [-0.1, -0.05) is 0 Å². The summed E-state index contributed by atoms with van der Waals surface area (Å²) in [5, 5.41) is 18.8. The van der Waals surface area contributed by atoms with E-state index in [2.05, 4.69) is 4.74 Å². The van der Waals surface area contributed by atoms with Gasteiger partial charge in [0.1, 0.15) is 12.2 Å². The molecular formula is C12H20O7. The van der Waals surface area contributed by atoms with E-state index in [1.54, 1.807) is 13.8 Å². The molecule has 2 rings (SSSR count). The van der Waals surface area contributed by atoms with Crippen LogP contribution in [0, 0.1) is 5.92 Å². The number of aliphatic hydroxyl groups excluding tert-OH is 2. The Balaban J connectivity index is 2.13. The van der Waals surface area contributed by atoms with Crippen LogP contribution in [0.1, 0.15) is 20.3 Å². The molecule has 2 heterocycles. The molecule has 0 aromatic carbocycles. The molecule has 5 atom stereocenters. The first-order valence-electron chi connectivity index (χ1n) is 6.25. The SMILES string of the molecule is COC(=O)CC1[C@@H](C(O)CO)O[C@@H]2OC(C)(C)O[C@H]12. The Morgan fingerprint density at radius 1 is 1.42 bits per heavy atom. The zero-order valence-corrected chi connectivity index (χ0v) is 11.2. The summed E-state index contributed by atoms with van der Waals surface area (Å²) in [6.07, 6.45) is -2.86. The number of carbonyl (C=O) groups is 1. The van der Waals surface area contributed by atoms with E-state index in [0.717, 1.165) is 0 Å². The van der Waals surface area contributed by atoms with Crippen LogP contribution in [0.2, 0.25) is 0 Å². The highest BCUT2D eigenvalue weighted by Gasteiger charge is 2.56. The zero-order valence-electron chi connectivity index (χ0n) is 11.2. The third kappa shape index (κ3) is 2.90. The molecular weight excluding hydrogens is 256 g/mol. The van der Waals surface area contributed by atoms with Crippen molar-refractivity contribution in [3.05, 3.63) is 0 Å². The summed E-state index contributed by atoms with van der Waals surface area (Å²) in [4.78, 5) is 11.5. The molecule has 0 amide bonds. The lowest BCUT2D eigenvalue weighted by Crippen LogP contribution is -2.39. The van der Waals surface area contributed by atoms with Gasteiger partial charge >= 0.3 is 5.97 Å². The van der Waals surface area contributed by atoms with Gasteiger partial charge in [-0.25, -0.2) is 0 Å². The molecule has 2 N–H and O–H groups in total. The van der Waals surface area contributed by atoms with Gasteiger partial charge in [0.05, 0.1) is 26.2 Å². The van der Waals surface area contributed by atoms with Gasteiger partial charge in [0.2, 0.25) is 0 Å². The normalized spacial score (nSPS) is 37.9. The van der Waals surface area contributed by atoms with E-state index in [-0.39, 0.29) is 6.42 Å². The van der Waals surface area contributed by atoms with Gasteiger partial charge in [-0.2, -0.15) is 0 Å². The van der Waals surface area contributed by atoms with Crippen LogP contribution in [0.5, 0.6) is 0 Å². The second-order valence-corrected chi connectivity index (χ2v) is 5.26. The standard InChI is InChI=1S/C12H20O7/c1-12(2)18-10-6(4-8(15)16-3)9(7(14)5-13)17-11(10)19-12/h6-7,9-11,13-14H,4-5H2,1-3H3/t6?,7?,9-,10+,11+/m0/s1. The van der Waals surface area contributed by atoms with Crippen LogP contribution >= 0.6 is 0 Å². The number of esters is 1. The highest BCUT2D eigenvalue weighted by molar-refractivity contribution is 5.69. The van der Waals surface area contributed by atoms with Gasteiger partial charge in [-0.15, -0.1) is 0 Å². The fourth-order valence-electron chi connectivity index (χ4n) is 2.58. The predicted octanol–water partition coefficient (Wildman–Crippen LogP) is -0.605. The van der Waals surface area contributed by atoms with Crippen LogP contribution in [-0.4, -0.2) is 60.3 Å². The summed E-state index contributed by atoms with van der Waals surface area (Å²) in [5.41, 5.74) is 0. The Labute approximate surface area is 111 Å². The molecule has 0 aromatic heterocycles. The molecule has 2 unspecified atom stereocenters. The minimum absolute atomic E-state index is 0.0405. The monoisotopic (exact) mass is 276 g/mol. The molecule has 0 aliphatic carbocycles. The third-order valence-corrected chi connectivity index (χ3v) is 3.42. The second-order valence-electron chi connectivity index (χ2n) is 5.26. The number of aliphatic hydroxyl groups is 2. The van der Waals surface area contributed by atoms with Crippen LogP contribution in [0.25, 0.3) is 0 Å². The van der Waals surface area contributed by atoms with E-state index >= 15 is 0 Å². The molecule has 19 heavy (non-hydrogen) atoms. The molecule has 7 heteroatoms. The zero-order chi connectivity index (χ0) is 14.2. The summed E-state index contributed by atoms with van der Waals surface area (Å²) in [6, 6.07) is 0. The summed E-state index contributed by atoms with van der Waals surface area (Å²) >= 11 is 0. The first kappa shape index (κ1) is 14.7. The van der Waals surface area contributed by atoms with Crippen LogP contribution in [0.15, 0.2) is 0 Å². The lowest BCUT2D eigenvalue weighted by molar-refractivity contribution is -0.222. The molecule has 2 aliphatic rings. The van der Waals surface area contributed by atoms with Crippen LogP contribution in [0.3, 0.4) is 0 Å². The van der Waals surface area contributed by atoms with Gasteiger partial charge < -0.3 is 29.2 Å². The molecule has 2 fully saturated rings.